The molecule has 1 heterocycles. The SMILES string of the molecule is CC(C)(C)OC(=O)COC1CCNC1. The highest BCUT2D eigenvalue weighted by Gasteiger charge is 2.19. The van der Waals surface area contributed by atoms with Crippen LogP contribution in [0.2, 0.25) is 0 Å². The summed E-state index contributed by atoms with van der Waals surface area (Å²) in [4.78, 5) is 11.2. The number of hydrogen-bond acceptors (Lipinski definition) is 4. The number of hydrogen-bond donors (Lipinski definition) is 1. The average Bonchev–Trinajstić information content (AvgIpc) is 2.49. The van der Waals surface area contributed by atoms with Crippen molar-refractivity contribution < 1.29 is 14.3 Å². The molecule has 1 rings (SSSR count). The molecule has 0 amide bonds. The van der Waals surface area contributed by atoms with Crippen LogP contribution in [-0.2, 0) is 14.3 Å². The fourth-order valence-corrected chi connectivity index (χ4v) is 1.33. The molecule has 0 spiro atoms. The van der Waals surface area contributed by atoms with Gasteiger partial charge < -0.3 is 14.8 Å². The van der Waals surface area contributed by atoms with Crippen LogP contribution in [0.1, 0.15) is 27.2 Å². The lowest BCUT2D eigenvalue weighted by molar-refractivity contribution is -0.161. The Balaban J connectivity index is 2.14. The van der Waals surface area contributed by atoms with Gasteiger partial charge in [0.25, 0.3) is 0 Å². The van der Waals surface area contributed by atoms with Gasteiger partial charge in [0.2, 0.25) is 0 Å². The summed E-state index contributed by atoms with van der Waals surface area (Å²) in [6, 6.07) is 0. The maximum Gasteiger partial charge on any atom is 0.332 e. The summed E-state index contributed by atoms with van der Waals surface area (Å²) in [6.45, 7) is 7.41. The molecule has 14 heavy (non-hydrogen) atoms. The fourth-order valence-electron chi connectivity index (χ4n) is 1.33. The monoisotopic (exact) mass is 201 g/mol. The van der Waals surface area contributed by atoms with Gasteiger partial charge in [-0.3, -0.25) is 0 Å². The van der Waals surface area contributed by atoms with Gasteiger partial charge in [0.1, 0.15) is 12.2 Å². The first kappa shape index (κ1) is 11.5. The second kappa shape index (κ2) is 4.75. The quantitative estimate of drug-likeness (QED) is 0.683. The molecule has 0 radical (unpaired) electrons. The third-order valence-corrected chi connectivity index (χ3v) is 1.87. The zero-order valence-electron chi connectivity index (χ0n) is 9.13. The third-order valence-electron chi connectivity index (χ3n) is 1.87. The number of carbonyl (C=O) groups excluding carboxylic acids is 1. The smallest absolute Gasteiger partial charge is 0.332 e. The highest BCUT2D eigenvalue weighted by atomic mass is 16.6. The first-order valence-electron chi connectivity index (χ1n) is 5.01. The molecule has 4 nitrogen and oxygen atoms in total. The van der Waals surface area contributed by atoms with Crippen LogP contribution in [0, 0.1) is 0 Å². The molecule has 0 bridgehead atoms. The summed E-state index contributed by atoms with van der Waals surface area (Å²) in [5.74, 6) is -0.288. The number of esters is 1. The second-order valence-corrected chi connectivity index (χ2v) is 4.51. The van der Waals surface area contributed by atoms with E-state index in [0.29, 0.717) is 0 Å². The van der Waals surface area contributed by atoms with Crippen molar-refractivity contribution in [1.82, 2.24) is 5.32 Å². The molecule has 1 aliphatic rings. The van der Waals surface area contributed by atoms with Gasteiger partial charge in [0.05, 0.1) is 6.10 Å². The van der Waals surface area contributed by atoms with Gasteiger partial charge in [0, 0.05) is 6.54 Å². The summed E-state index contributed by atoms with van der Waals surface area (Å²) in [7, 11) is 0. The molecule has 0 aromatic carbocycles. The minimum Gasteiger partial charge on any atom is -0.458 e. The normalized spacial score (nSPS) is 22.4. The van der Waals surface area contributed by atoms with Crippen LogP contribution < -0.4 is 5.32 Å². The Kier molecular flexibility index (Phi) is 3.89. The number of ether oxygens (including phenoxy) is 2. The Morgan fingerprint density at radius 3 is 2.71 bits per heavy atom. The van der Waals surface area contributed by atoms with Gasteiger partial charge in [0.15, 0.2) is 0 Å². The van der Waals surface area contributed by atoms with Crippen LogP contribution in [0.15, 0.2) is 0 Å². The van der Waals surface area contributed by atoms with E-state index in [1.807, 2.05) is 20.8 Å². The molecule has 1 unspecified atom stereocenters. The Hall–Kier alpha value is -0.610. The molecule has 1 fully saturated rings. The molecule has 1 N–H and O–H groups in total. The molecule has 4 heteroatoms. The summed E-state index contributed by atoms with van der Waals surface area (Å²) >= 11 is 0. The van der Waals surface area contributed by atoms with Crippen molar-refractivity contribution in [2.45, 2.75) is 38.9 Å². The van der Waals surface area contributed by atoms with Crippen molar-refractivity contribution in [1.29, 1.82) is 0 Å². The topological polar surface area (TPSA) is 47.6 Å². The van der Waals surface area contributed by atoms with Crippen LogP contribution in [0.25, 0.3) is 0 Å². The van der Waals surface area contributed by atoms with E-state index in [2.05, 4.69) is 5.32 Å². The first-order valence-corrected chi connectivity index (χ1v) is 5.01. The zero-order chi connectivity index (χ0) is 10.6. The summed E-state index contributed by atoms with van der Waals surface area (Å²) in [5, 5.41) is 3.17. The van der Waals surface area contributed by atoms with Crippen molar-refractivity contribution in [3.8, 4) is 0 Å². The van der Waals surface area contributed by atoms with E-state index < -0.39 is 5.60 Å². The van der Waals surface area contributed by atoms with Gasteiger partial charge in [-0.1, -0.05) is 0 Å². The predicted molar refractivity (Wildman–Crippen MR) is 53.1 cm³/mol. The van der Waals surface area contributed by atoms with Crippen LogP contribution in [0.3, 0.4) is 0 Å². The van der Waals surface area contributed by atoms with Crippen LogP contribution in [0.5, 0.6) is 0 Å². The number of carbonyl (C=O) groups is 1. The van der Waals surface area contributed by atoms with Gasteiger partial charge >= 0.3 is 5.97 Å². The second-order valence-electron chi connectivity index (χ2n) is 4.51. The van der Waals surface area contributed by atoms with Crippen molar-refractivity contribution in [2.24, 2.45) is 0 Å². The molecule has 1 atom stereocenters. The maximum absolute atomic E-state index is 11.2. The molecule has 0 aromatic rings. The van der Waals surface area contributed by atoms with Gasteiger partial charge in [-0.15, -0.1) is 0 Å². The molecule has 0 aromatic heterocycles. The van der Waals surface area contributed by atoms with Crippen LogP contribution in [0.4, 0.5) is 0 Å². The Bertz CT molecular complexity index is 192. The van der Waals surface area contributed by atoms with Gasteiger partial charge in [-0.05, 0) is 33.7 Å². The lowest BCUT2D eigenvalue weighted by Gasteiger charge is -2.20. The summed E-state index contributed by atoms with van der Waals surface area (Å²) in [6.07, 6.45) is 1.14. The van der Waals surface area contributed by atoms with E-state index in [-0.39, 0.29) is 18.7 Å². The largest absolute Gasteiger partial charge is 0.458 e. The van der Waals surface area contributed by atoms with Crippen LogP contribution >= 0.6 is 0 Å². The molecular formula is C10H19NO3. The average molecular weight is 201 g/mol. The van der Waals surface area contributed by atoms with E-state index in [1.54, 1.807) is 0 Å². The Morgan fingerprint density at radius 2 is 2.21 bits per heavy atom. The van der Waals surface area contributed by atoms with Crippen molar-refractivity contribution in [2.75, 3.05) is 19.7 Å². The molecule has 1 saturated heterocycles. The Labute approximate surface area is 85.0 Å². The predicted octanol–water partition coefficient (Wildman–Crippen LogP) is 0.707. The number of nitrogens with one attached hydrogen (secondary N) is 1. The van der Waals surface area contributed by atoms with Gasteiger partial charge in [-0.2, -0.15) is 0 Å². The van der Waals surface area contributed by atoms with Crippen molar-refractivity contribution >= 4 is 5.97 Å². The standard InChI is InChI=1S/C10H19NO3/c1-10(2,3)14-9(12)7-13-8-4-5-11-6-8/h8,11H,4-7H2,1-3H3. The summed E-state index contributed by atoms with van der Waals surface area (Å²) in [5.41, 5.74) is -0.422. The zero-order valence-corrected chi connectivity index (χ0v) is 9.13. The van der Waals surface area contributed by atoms with Gasteiger partial charge in [-0.25, -0.2) is 4.79 Å². The van der Waals surface area contributed by atoms with E-state index in [4.69, 9.17) is 9.47 Å². The maximum atomic E-state index is 11.2. The summed E-state index contributed by atoms with van der Waals surface area (Å²) < 4.78 is 10.5. The highest BCUT2D eigenvalue weighted by Crippen LogP contribution is 2.08. The van der Waals surface area contributed by atoms with Crippen molar-refractivity contribution in [3.63, 3.8) is 0 Å². The molecule has 0 aliphatic carbocycles. The van der Waals surface area contributed by atoms with E-state index in [0.717, 1.165) is 19.5 Å². The third kappa shape index (κ3) is 4.58. The van der Waals surface area contributed by atoms with E-state index >= 15 is 0 Å². The minimum atomic E-state index is -0.422. The lowest BCUT2D eigenvalue weighted by Crippen LogP contribution is -2.28. The highest BCUT2D eigenvalue weighted by molar-refractivity contribution is 5.71. The van der Waals surface area contributed by atoms with Crippen molar-refractivity contribution in [3.05, 3.63) is 0 Å². The van der Waals surface area contributed by atoms with E-state index in [1.165, 1.54) is 0 Å². The van der Waals surface area contributed by atoms with Crippen LogP contribution in [-0.4, -0.2) is 37.4 Å². The lowest BCUT2D eigenvalue weighted by atomic mass is 10.2. The molecule has 82 valence electrons. The van der Waals surface area contributed by atoms with E-state index in [9.17, 15) is 4.79 Å². The molecule has 1 aliphatic heterocycles. The first-order chi connectivity index (χ1) is 6.47. The molecule has 0 saturated carbocycles. The Morgan fingerprint density at radius 1 is 1.50 bits per heavy atom. The minimum absolute atomic E-state index is 0.0591. The number of rotatable bonds is 3. The molecular weight excluding hydrogens is 182 g/mol. The fraction of sp³-hybridized carbons (Fsp3) is 0.900.